The van der Waals surface area contributed by atoms with Crippen molar-refractivity contribution in [3.05, 3.63) is 15.6 Å². The van der Waals surface area contributed by atoms with Crippen molar-refractivity contribution in [3.8, 4) is 0 Å². The Morgan fingerprint density at radius 1 is 1.35 bits per heavy atom. The number of likely N-dealkylation sites (tertiary alicyclic amines) is 1. The number of thiazole rings is 1. The Labute approximate surface area is 178 Å². The predicted molar refractivity (Wildman–Crippen MR) is 119 cm³/mol. The molecule has 2 N–H and O–H groups in total. The summed E-state index contributed by atoms with van der Waals surface area (Å²) < 4.78 is 0. The van der Waals surface area contributed by atoms with E-state index in [4.69, 9.17) is 0 Å². The Morgan fingerprint density at radius 3 is 2.73 bits per heavy atom. The van der Waals surface area contributed by atoms with E-state index in [0.29, 0.717) is 25.6 Å². The van der Waals surface area contributed by atoms with Crippen LogP contribution in [0.15, 0.2) is 4.99 Å². The van der Waals surface area contributed by atoms with Gasteiger partial charge in [-0.15, -0.1) is 35.3 Å². The van der Waals surface area contributed by atoms with Gasteiger partial charge in [0.15, 0.2) is 5.96 Å². The molecule has 0 radical (unpaired) electrons. The number of hydrogen-bond acceptors (Lipinski definition) is 4. The molecule has 1 aliphatic rings. The van der Waals surface area contributed by atoms with Crippen LogP contribution in [0, 0.1) is 13.8 Å². The number of guanidine groups is 1. The van der Waals surface area contributed by atoms with Crippen molar-refractivity contribution >= 4 is 47.2 Å². The fourth-order valence-corrected chi connectivity index (χ4v) is 3.97. The summed E-state index contributed by atoms with van der Waals surface area (Å²) >= 11 is 1.69. The van der Waals surface area contributed by atoms with Crippen molar-refractivity contribution in [3.63, 3.8) is 0 Å². The molecule has 148 valence electrons. The zero-order valence-electron chi connectivity index (χ0n) is 16.3. The number of carbonyl (C=O) groups is 1. The Kier molecular flexibility index (Phi) is 10.4. The van der Waals surface area contributed by atoms with Gasteiger partial charge in [-0.1, -0.05) is 0 Å². The molecular weight excluding hydrogens is 461 g/mol. The number of amides is 1. The molecular formula is C18H32IN5OS. The highest BCUT2D eigenvalue weighted by Gasteiger charge is 2.22. The molecule has 1 fully saturated rings. The topological polar surface area (TPSA) is 69.6 Å². The number of aliphatic imine (C=N–C) groups is 1. The lowest BCUT2D eigenvalue weighted by molar-refractivity contribution is -0.134. The van der Waals surface area contributed by atoms with Crippen LogP contribution < -0.4 is 10.6 Å². The number of rotatable bonds is 6. The van der Waals surface area contributed by atoms with Gasteiger partial charge in [0.1, 0.15) is 0 Å². The van der Waals surface area contributed by atoms with Crippen LogP contribution in [0.5, 0.6) is 0 Å². The molecule has 1 saturated heterocycles. The van der Waals surface area contributed by atoms with Crippen LogP contribution in [-0.4, -0.2) is 47.4 Å². The summed E-state index contributed by atoms with van der Waals surface area (Å²) in [5, 5.41) is 7.59. The molecule has 1 aromatic rings. The van der Waals surface area contributed by atoms with Gasteiger partial charge in [-0.25, -0.2) is 9.98 Å². The van der Waals surface area contributed by atoms with Gasteiger partial charge in [-0.05, 0) is 47.0 Å². The van der Waals surface area contributed by atoms with Crippen LogP contribution in [0.3, 0.4) is 0 Å². The van der Waals surface area contributed by atoms with E-state index in [-0.39, 0.29) is 29.9 Å². The van der Waals surface area contributed by atoms with E-state index in [9.17, 15) is 4.79 Å². The quantitative estimate of drug-likeness (QED) is 0.363. The minimum atomic E-state index is 0. The molecule has 1 aliphatic heterocycles. The Hall–Kier alpha value is -0.900. The molecule has 0 bridgehead atoms. The second-order valence-corrected chi connectivity index (χ2v) is 7.83. The van der Waals surface area contributed by atoms with Gasteiger partial charge >= 0.3 is 0 Å². The third-order valence-electron chi connectivity index (χ3n) is 4.48. The molecule has 2 heterocycles. The van der Waals surface area contributed by atoms with Crippen molar-refractivity contribution in [2.24, 2.45) is 4.99 Å². The maximum atomic E-state index is 12.4. The minimum absolute atomic E-state index is 0. The predicted octanol–water partition coefficient (Wildman–Crippen LogP) is 3.22. The summed E-state index contributed by atoms with van der Waals surface area (Å²) in [7, 11) is 0. The zero-order valence-corrected chi connectivity index (χ0v) is 19.4. The van der Waals surface area contributed by atoms with Crippen LogP contribution in [-0.2, 0) is 11.3 Å². The molecule has 0 spiro atoms. The maximum absolute atomic E-state index is 12.4. The fourth-order valence-electron chi connectivity index (χ4n) is 3.11. The molecule has 8 heteroatoms. The molecule has 0 saturated carbocycles. The zero-order chi connectivity index (χ0) is 18.2. The molecule has 1 unspecified atom stereocenters. The lowest BCUT2D eigenvalue weighted by Crippen LogP contribution is -2.44. The number of halogens is 1. The van der Waals surface area contributed by atoms with Crippen LogP contribution >= 0.6 is 35.3 Å². The van der Waals surface area contributed by atoms with E-state index in [1.54, 1.807) is 11.3 Å². The number of aromatic nitrogens is 1. The number of nitrogens with zero attached hydrogens (tertiary/aromatic N) is 3. The normalized spacial score (nSPS) is 17.6. The third-order valence-corrected chi connectivity index (χ3v) is 5.54. The average molecular weight is 493 g/mol. The third kappa shape index (κ3) is 7.02. The van der Waals surface area contributed by atoms with Gasteiger partial charge in [0.05, 0.1) is 17.2 Å². The number of hydrogen-bond donors (Lipinski definition) is 2. The van der Waals surface area contributed by atoms with E-state index in [2.05, 4.69) is 27.5 Å². The van der Waals surface area contributed by atoms with Gasteiger partial charge in [0.25, 0.3) is 0 Å². The first kappa shape index (κ1) is 23.1. The van der Waals surface area contributed by atoms with Gasteiger partial charge in [0.2, 0.25) is 5.91 Å². The first-order valence-corrected chi connectivity index (χ1v) is 10.1. The summed E-state index contributed by atoms with van der Waals surface area (Å²) in [6.07, 6.45) is 3.99. The lowest BCUT2D eigenvalue weighted by Gasteiger charge is -2.33. The van der Waals surface area contributed by atoms with Gasteiger partial charge < -0.3 is 15.5 Å². The molecule has 1 atom stereocenters. The molecule has 2 rings (SSSR count). The summed E-state index contributed by atoms with van der Waals surface area (Å²) in [6, 6.07) is 0.376. The SMILES string of the molecule is CCNC(=NCc1sc(C)nc1C)NCCC(=O)N1CCCCC1C.I. The van der Waals surface area contributed by atoms with E-state index in [0.717, 1.165) is 42.6 Å². The summed E-state index contributed by atoms with van der Waals surface area (Å²) in [4.78, 5) is 24.7. The van der Waals surface area contributed by atoms with Crippen molar-refractivity contribution in [2.45, 2.75) is 66.0 Å². The number of carbonyl (C=O) groups excluding carboxylic acids is 1. The Balaban J connectivity index is 0.00000338. The first-order chi connectivity index (χ1) is 12.0. The number of piperidine rings is 1. The summed E-state index contributed by atoms with van der Waals surface area (Å²) in [6.45, 7) is 11.1. The lowest BCUT2D eigenvalue weighted by atomic mass is 10.0. The molecule has 1 aromatic heterocycles. The highest BCUT2D eigenvalue weighted by molar-refractivity contribution is 14.0. The molecule has 6 nitrogen and oxygen atoms in total. The van der Waals surface area contributed by atoms with E-state index in [1.807, 2.05) is 25.7 Å². The molecule has 1 amide bonds. The highest BCUT2D eigenvalue weighted by Crippen LogP contribution is 2.18. The van der Waals surface area contributed by atoms with Crippen molar-refractivity contribution in [2.75, 3.05) is 19.6 Å². The van der Waals surface area contributed by atoms with Gasteiger partial charge in [0, 0.05) is 37.0 Å². The largest absolute Gasteiger partial charge is 0.357 e. The second-order valence-electron chi connectivity index (χ2n) is 6.55. The fraction of sp³-hybridized carbons (Fsp3) is 0.722. The average Bonchev–Trinajstić information content (AvgIpc) is 2.90. The van der Waals surface area contributed by atoms with E-state index >= 15 is 0 Å². The van der Waals surface area contributed by atoms with Crippen LogP contribution in [0.1, 0.15) is 55.1 Å². The summed E-state index contributed by atoms with van der Waals surface area (Å²) in [5.41, 5.74) is 1.05. The summed E-state index contributed by atoms with van der Waals surface area (Å²) in [5.74, 6) is 0.997. The van der Waals surface area contributed by atoms with Crippen LogP contribution in [0.25, 0.3) is 0 Å². The van der Waals surface area contributed by atoms with Gasteiger partial charge in [-0.3, -0.25) is 4.79 Å². The molecule has 26 heavy (non-hydrogen) atoms. The van der Waals surface area contributed by atoms with E-state index in [1.165, 1.54) is 11.3 Å². The standard InChI is InChI=1S/C18H31N5OS.HI/c1-5-19-18(21-12-16-14(3)22-15(4)25-16)20-10-9-17(24)23-11-7-6-8-13(23)2;/h13H,5-12H2,1-4H3,(H2,19,20,21);1H. The molecule has 0 aliphatic carbocycles. The highest BCUT2D eigenvalue weighted by atomic mass is 127. The second kappa shape index (κ2) is 11.7. The van der Waals surface area contributed by atoms with Crippen molar-refractivity contribution in [1.82, 2.24) is 20.5 Å². The van der Waals surface area contributed by atoms with E-state index < -0.39 is 0 Å². The number of aryl methyl sites for hydroxylation is 2. The number of nitrogens with one attached hydrogen (secondary N) is 2. The Morgan fingerprint density at radius 2 is 2.12 bits per heavy atom. The van der Waals surface area contributed by atoms with Crippen LogP contribution in [0.2, 0.25) is 0 Å². The van der Waals surface area contributed by atoms with Crippen molar-refractivity contribution < 1.29 is 4.79 Å². The Bertz CT molecular complexity index is 604. The van der Waals surface area contributed by atoms with Crippen molar-refractivity contribution in [1.29, 1.82) is 0 Å². The maximum Gasteiger partial charge on any atom is 0.224 e. The smallest absolute Gasteiger partial charge is 0.224 e. The van der Waals surface area contributed by atoms with Gasteiger partial charge in [-0.2, -0.15) is 0 Å². The molecule has 0 aromatic carbocycles. The minimum Gasteiger partial charge on any atom is -0.357 e. The first-order valence-electron chi connectivity index (χ1n) is 9.25. The van der Waals surface area contributed by atoms with Crippen LogP contribution in [0.4, 0.5) is 0 Å². The monoisotopic (exact) mass is 493 g/mol.